The van der Waals surface area contributed by atoms with Crippen LogP contribution < -0.4 is 76.5 Å². The van der Waals surface area contributed by atoms with Gasteiger partial charge in [0.2, 0.25) is 65.0 Å². The fourth-order valence-electron chi connectivity index (χ4n) is 11.8. The molecule has 32 nitrogen and oxygen atoms in total. The van der Waals surface area contributed by atoms with Crippen LogP contribution in [0.3, 0.4) is 0 Å². The summed E-state index contributed by atoms with van der Waals surface area (Å²) in [6.07, 6.45) is -0.493. The second-order valence-corrected chi connectivity index (χ2v) is 25.8. The molecule has 0 spiro atoms. The molecule has 104 heavy (non-hydrogen) atoms. The molecule has 0 radical (unpaired) electrons. The minimum absolute atomic E-state index is 0.00124. The highest BCUT2D eigenvalue weighted by molar-refractivity contribution is 6.30. The van der Waals surface area contributed by atoms with Crippen molar-refractivity contribution < 1.29 is 68.1 Å². The number of benzene rings is 5. The Balaban J connectivity index is 1.14. The second-order valence-electron chi connectivity index (χ2n) is 25.4. The standard InChI is InChI=1S/C71H91ClN18O14/c1-38(60(73)95)81-67(102)58-17-10-30-90(58)69(104)52(16-9-29-79-71(76)77)84-68(103)59(39(2)92)89-61(96)51(15-8-28-78-70(74)75)83-63(98)54(33-42-21-26-48(94)27-22-42)86-66(101)57(37-91)88-65(100)56(35-46-36-80-50-14-7-6-13-49(46)50)87-64(99)55(32-41-19-24-47(72)25-20-41)85-62(97)53(82-40(3)93)34-43-18-23-44-11-4-5-12-45(44)31-43/h4-7,11-14,18-27,31,36,38-39,51-59,80,91-92,94H,8-10,15-17,28-30,32-35,37H2,1-3H3,(H2,73,95)(H,81,102)(H,82,93)(H,83,98)(H,84,103)(H,85,97)(H,86,101)(H,87,99)(H,88,100)(H,89,96)(H4,74,75,78)(H4,76,77,79)/t38-,39-,51+,52+,53-,54+,55-,56-,57+,58+,59+/m1/s1. The largest absolute Gasteiger partial charge is 0.508 e. The van der Waals surface area contributed by atoms with Crippen molar-refractivity contribution in [3.8, 4) is 5.75 Å². The van der Waals surface area contributed by atoms with Crippen LogP contribution in [0, 0.1) is 0 Å². The van der Waals surface area contributed by atoms with Gasteiger partial charge in [-0.1, -0.05) is 96.5 Å². The van der Waals surface area contributed by atoms with Gasteiger partial charge in [0.25, 0.3) is 0 Å². The molecule has 1 aliphatic heterocycles. The molecule has 5 aromatic carbocycles. The predicted octanol–water partition coefficient (Wildman–Crippen LogP) is -1.69. The lowest BCUT2D eigenvalue weighted by molar-refractivity contribution is -0.143. The van der Waals surface area contributed by atoms with Crippen LogP contribution in [0.4, 0.5) is 0 Å². The van der Waals surface area contributed by atoms with Crippen LogP contribution in [0.1, 0.15) is 81.5 Å². The van der Waals surface area contributed by atoms with Crippen molar-refractivity contribution in [1.29, 1.82) is 0 Å². The smallest absolute Gasteiger partial charge is 0.245 e. The summed E-state index contributed by atoms with van der Waals surface area (Å²) in [6.45, 7) is 2.70. The van der Waals surface area contributed by atoms with Crippen molar-refractivity contribution in [2.45, 2.75) is 152 Å². The number of aromatic hydroxyl groups is 1. The number of aromatic amines is 1. The van der Waals surface area contributed by atoms with Crippen molar-refractivity contribution in [2.24, 2.45) is 38.7 Å². The van der Waals surface area contributed by atoms with Crippen LogP contribution in [-0.2, 0) is 78.4 Å². The number of phenols is 1. The summed E-state index contributed by atoms with van der Waals surface area (Å²) in [5.41, 5.74) is 30.4. The van der Waals surface area contributed by atoms with E-state index in [0.717, 1.165) is 10.8 Å². The van der Waals surface area contributed by atoms with Crippen LogP contribution >= 0.6 is 11.6 Å². The number of aliphatic hydroxyl groups excluding tert-OH is 2. The van der Waals surface area contributed by atoms with E-state index in [9.17, 15) is 68.1 Å². The number of likely N-dealkylation sites (tertiary alicyclic amines) is 1. The average molecular weight is 1460 g/mol. The van der Waals surface area contributed by atoms with Gasteiger partial charge >= 0.3 is 0 Å². The number of phenolic OH excluding ortho intramolecular Hbond substituents is 1. The number of guanidine groups is 2. The fraction of sp³-hybridized carbons (Fsp3) is 0.394. The number of carbonyl (C=O) groups is 11. The minimum atomic E-state index is -1.87. The zero-order chi connectivity index (χ0) is 75.7. The molecule has 33 heteroatoms. The molecule has 0 aliphatic carbocycles. The minimum Gasteiger partial charge on any atom is -0.508 e. The van der Waals surface area contributed by atoms with Gasteiger partial charge in [0, 0.05) is 74.4 Å². The maximum atomic E-state index is 15.0. The van der Waals surface area contributed by atoms with E-state index in [2.05, 4.69) is 62.8 Å². The molecule has 556 valence electrons. The van der Waals surface area contributed by atoms with E-state index in [1.54, 1.807) is 54.7 Å². The Kier molecular flexibility index (Phi) is 29.7. The first-order valence-electron chi connectivity index (χ1n) is 33.8. The van der Waals surface area contributed by atoms with Gasteiger partial charge < -0.3 is 102 Å². The van der Waals surface area contributed by atoms with Crippen LogP contribution in [0.2, 0.25) is 5.02 Å². The van der Waals surface area contributed by atoms with Crippen molar-refractivity contribution in [3.05, 3.63) is 149 Å². The molecule has 2 heterocycles. The molecule has 1 saturated heterocycles. The van der Waals surface area contributed by atoms with Gasteiger partial charge in [0.15, 0.2) is 11.9 Å². The van der Waals surface area contributed by atoms with Crippen molar-refractivity contribution >= 4 is 110 Å². The number of aliphatic imine (C=N–C) groups is 2. The first kappa shape index (κ1) is 79.9. The molecular formula is C71H91ClN18O14. The maximum absolute atomic E-state index is 15.0. The van der Waals surface area contributed by atoms with Gasteiger partial charge in [-0.15, -0.1) is 0 Å². The van der Waals surface area contributed by atoms with E-state index in [4.69, 9.17) is 40.3 Å². The van der Waals surface area contributed by atoms with Gasteiger partial charge in [-0.25, -0.2) is 0 Å². The molecule has 7 rings (SSSR count). The van der Waals surface area contributed by atoms with Crippen LogP contribution in [-0.4, -0.2) is 195 Å². The summed E-state index contributed by atoms with van der Waals surface area (Å²) in [4.78, 5) is 168. The summed E-state index contributed by atoms with van der Waals surface area (Å²) in [7, 11) is 0. The van der Waals surface area contributed by atoms with Crippen molar-refractivity contribution in [1.82, 2.24) is 57.7 Å². The molecule has 6 aromatic rings. The van der Waals surface area contributed by atoms with Gasteiger partial charge in [0.1, 0.15) is 66.2 Å². The molecule has 11 amide bonds. The summed E-state index contributed by atoms with van der Waals surface area (Å²) in [5, 5.41) is 58.7. The lowest BCUT2D eigenvalue weighted by Crippen LogP contribution is -2.62. The first-order chi connectivity index (χ1) is 49.6. The van der Waals surface area contributed by atoms with E-state index in [1.807, 2.05) is 42.5 Å². The first-order valence-corrected chi connectivity index (χ1v) is 34.2. The van der Waals surface area contributed by atoms with Crippen molar-refractivity contribution in [2.75, 3.05) is 26.2 Å². The molecule has 0 unspecified atom stereocenters. The van der Waals surface area contributed by atoms with E-state index < -0.39 is 138 Å². The Labute approximate surface area is 604 Å². The zero-order valence-electron chi connectivity index (χ0n) is 57.7. The third-order valence-electron chi connectivity index (χ3n) is 17.3. The Morgan fingerprint density at radius 3 is 1.61 bits per heavy atom. The zero-order valence-corrected chi connectivity index (χ0v) is 58.5. The number of aliphatic hydroxyl groups is 2. The average Bonchev–Trinajstić information content (AvgIpc) is 1.51. The number of nitrogens with two attached hydrogens (primary N) is 5. The van der Waals surface area contributed by atoms with Crippen LogP contribution in [0.5, 0.6) is 5.75 Å². The van der Waals surface area contributed by atoms with E-state index in [0.29, 0.717) is 44.6 Å². The lowest BCUT2D eigenvalue weighted by Gasteiger charge is -2.31. The molecule has 1 aromatic heterocycles. The number of aromatic nitrogens is 1. The highest BCUT2D eigenvalue weighted by atomic mass is 35.5. The number of rotatable bonds is 37. The monoisotopic (exact) mass is 1450 g/mol. The van der Waals surface area contributed by atoms with Gasteiger partial charge in [0.05, 0.1) is 12.7 Å². The second kappa shape index (κ2) is 38.6. The number of amides is 11. The third kappa shape index (κ3) is 23.9. The highest BCUT2D eigenvalue weighted by Gasteiger charge is 2.41. The Morgan fingerprint density at radius 2 is 1.04 bits per heavy atom. The topological polar surface area (TPSA) is 531 Å². The number of hydrogen-bond donors (Lipinski definition) is 18. The number of para-hydroxylation sites is 1. The number of fused-ring (bicyclic) bond motifs is 2. The SMILES string of the molecule is CC(=O)N[C@H](Cc1ccc2ccccc2c1)C(=O)N[C@H](Cc1ccc(Cl)cc1)C(=O)N[C@H](Cc1c[nH]c2ccccc12)C(=O)N[C@@H](CO)C(=O)N[C@@H](Cc1ccc(O)cc1)C(=O)N[C@@H](CCCN=C(N)N)C(=O)N[C@H](C(=O)N[C@@H](CCCN=C(N)N)C(=O)N1CCC[C@H]1C(=O)N[C@H](C)C(N)=O)[C@@H](C)O. The number of nitrogens with one attached hydrogen (secondary N) is 10. The van der Waals surface area contributed by atoms with E-state index in [-0.39, 0.29) is 95.1 Å². The predicted molar refractivity (Wildman–Crippen MR) is 388 cm³/mol. The Morgan fingerprint density at radius 1 is 0.558 bits per heavy atom. The number of halogens is 1. The van der Waals surface area contributed by atoms with E-state index >= 15 is 0 Å². The normalized spacial score (nSPS) is 15.5. The van der Waals surface area contributed by atoms with Crippen molar-refractivity contribution in [3.63, 3.8) is 0 Å². The van der Waals surface area contributed by atoms with Crippen LogP contribution in [0.25, 0.3) is 21.7 Å². The molecular weight excluding hydrogens is 1360 g/mol. The maximum Gasteiger partial charge on any atom is 0.245 e. The quantitative estimate of drug-likeness (QED) is 0.0118. The molecule has 0 saturated carbocycles. The summed E-state index contributed by atoms with van der Waals surface area (Å²) >= 11 is 6.25. The van der Waals surface area contributed by atoms with Crippen LogP contribution in [0.15, 0.2) is 131 Å². The summed E-state index contributed by atoms with van der Waals surface area (Å²) in [6, 6.07) is 17.5. The highest BCUT2D eigenvalue weighted by Crippen LogP contribution is 2.24. The van der Waals surface area contributed by atoms with Gasteiger partial charge in [-0.2, -0.15) is 0 Å². The Bertz CT molecular complexity index is 4090. The van der Waals surface area contributed by atoms with E-state index in [1.165, 1.54) is 49.9 Å². The number of hydrogen-bond acceptors (Lipinski definition) is 16. The molecule has 1 fully saturated rings. The molecule has 1 aliphatic rings. The summed E-state index contributed by atoms with van der Waals surface area (Å²) < 4.78 is 0. The number of H-pyrrole nitrogens is 1. The lowest BCUT2D eigenvalue weighted by atomic mass is 9.99. The third-order valence-corrected chi connectivity index (χ3v) is 17.6. The number of nitrogens with zero attached hydrogens (tertiary/aromatic N) is 3. The Hall–Kier alpha value is -11.4. The fourth-order valence-corrected chi connectivity index (χ4v) is 11.9. The molecule has 23 N–H and O–H groups in total. The summed E-state index contributed by atoms with van der Waals surface area (Å²) in [5.74, 6) is -10.4. The van der Waals surface area contributed by atoms with Gasteiger partial charge in [-0.3, -0.25) is 62.7 Å². The van der Waals surface area contributed by atoms with Gasteiger partial charge in [-0.05, 0) is 116 Å². The number of carbonyl (C=O) groups excluding carboxylic acids is 11. The molecule has 0 bridgehead atoms. The molecule has 11 atom stereocenters. The number of primary amides is 1.